The summed E-state index contributed by atoms with van der Waals surface area (Å²) in [7, 11) is 0. The Labute approximate surface area is 99.7 Å². The number of nitrogens with zero attached hydrogens (tertiary/aromatic N) is 1. The molecule has 1 heterocycles. The van der Waals surface area contributed by atoms with Crippen LogP contribution in [-0.4, -0.2) is 10.7 Å². The maximum absolute atomic E-state index is 5.68. The van der Waals surface area contributed by atoms with Crippen molar-refractivity contribution < 1.29 is 0 Å². The minimum absolute atomic E-state index is 0.707. The van der Waals surface area contributed by atoms with E-state index >= 15 is 0 Å². The Balaban J connectivity index is 1.84. The highest BCUT2D eigenvalue weighted by atomic mass is 32.2. The van der Waals surface area contributed by atoms with Crippen LogP contribution in [0.1, 0.15) is 37.8 Å². The molecule has 1 aliphatic carbocycles. The highest BCUT2D eigenvalue weighted by Crippen LogP contribution is 2.34. The topological polar surface area (TPSA) is 38.9 Å². The molecule has 0 aromatic carbocycles. The first-order valence-corrected chi connectivity index (χ1v) is 7.41. The van der Waals surface area contributed by atoms with Gasteiger partial charge < -0.3 is 5.73 Å². The molecule has 15 heavy (non-hydrogen) atoms. The summed E-state index contributed by atoms with van der Waals surface area (Å²) in [5.41, 5.74) is 6.79. The third-order valence-corrected chi connectivity index (χ3v) is 5.53. The lowest BCUT2D eigenvalue weighted by atomic mass is 9.91. The number of rotatable bonds is 3. The lowest BCUT2D eigenvalue weighted by molar-refractivity contribution is 0.391. The Bertz CT molecular complexity index is 316. The van der Waals surface area contributed by atoms with Crippen LogP contribution >= 0.6 is 23.1 Å². The third kappa shape index (κ3) is 3.11. The van der Waals surface area contributed by atoms with E-state index < -0.39 is 0 Å². The Morgan fingerprint density at radius 2 is 2.13 bits per heavy atom. The number of thiazole rings is 1. The van der Waals surface area contributed by atoms with Gasteiger partial charge in [-0.3, -0.25) is 0 Å². The fourth-order valence-electron chi connectivity index (χ4n) is 2.08. The minimum Gasteiger partial charge on any atom is -0.375 e. The second-order valence-electron chi connectivity index (χ2n) is 4.24. The molecule has 0 atom stereocenters. The zero-order valence-electron chi connectivity index (χ0n) is 9.16. The van der Waals surface area contributed by atoms with Crippen LogP contribution in [0.15, 0.2) is 4.21 Å². The van der Waals surface area contributed by atoms with Gasteiger partial charge >= 0.3 is 0 Å². The molecule has 0 amide bonds. The molecule has 2 nitrogen and oxygen atoms in total. The maximum atomic E-state index is 5.68. The monoisotopic (exact) mass is 242 g/mol. The van der Waals surface area contributed by atoms with Crippen LogP contribution in [-0.2, 0) is 0 Å². The second-order valence-corrected chi connectivity index (χ2v) is 6.56. The highest BCUT2D eigenvalue weighted by Gasteiger charge is 2.15. The molecule has 1 aromatic rings. The van der Waals surface area contributed by atoms with E-state index in [4.69, 9.17) is 5.73 Å². The minimum atomic E-state index is 0.707. The van der Waals surface area contributed by atoms with E-state index in [1.807, 2.05) is 11.8 Å². The van der Waals surface area contributed by atoms with E-state index in [1.54, 1.807) is 11.3 Å². The summed E-state index contributed by atoms with van der Waals surface area (Å²) in [6, 6.07) is 0. The number of nitrogen functional groups attached to an aromatic ring is 1. The number of aromatic nitrogens is 1. The molecule has 2 rings (SSSR count). The molecule has 1 saturated carbocycles. The van der Waals surface area contributed by atoms with Crippen molar-refractivity contribution in [3.05, 3.63) is 5.69 Å². The van der Waals surface area contributed by atoms with Crippen LogP contribution in [0.25, 0.3) is 0 Å². The number of nitrogens with two attached hydrogens (primary N) is 1. The Kier molecular flexibility index (Phi) is 3.92. The molecule has 0 bridgehead atoms. The first-order valence-electron chi connectivity index (χ1n) is 5.61. The predicted molar refractivity (Wildman–Crippen MR) is 68.6 cm³/mol. The van der Waals surface area contributed by atoms with Gasteiger partial charge in [0.1, 0.15) is 0 Å². The Morgan fingerprint density at radius 1 is 1.40 bits per heavy atom. The van der Waals surface area contributed by atoms with Crippen molar-refractivity contribution in [2.24, 2.45) is 5.92 Å². The summed E-state index contributed by atoms with van der Waals surface area (Å²) in [6.45, 7) is 2.05. The first kappa shape index (κ1) is 11.3. The lowest BCUT2D eigenvalue weighted by Crippen LogP contribution is -2.08. The number of hydrogen-bond donors (Lipinski definition) is 1. The van der Waals surface area contributed by atoms with Crippen LogP contribution in [0.5, 0.6) is 0 Å². The van der Waals surface area contributed by atoms with Gasteiger partial charge in [-0.2, -0.15) is 0 Å². The van der Waals surface area contributed by atoms with Gasteiger partial charge in [0, 0.05) is 5.75 Å². The SMILES string of the molecule is Cc1nc(N)sc1SCC1CCCCC1. The van der Waals surface area contributed by atoms with Crippen molar-refractivity contribution in [3.8, 4) is 0 Å². The van der Waals surface area contributed by atoms with E-state index in [2.05, 4.69) is 11.9 Å². The standard InChI is InChI=1S/C11H18N2S2/c1-8-10(15-11(12)13-8)14-7-9-5-3-2-4-6-9/h9H,2-7H2,1H3,(H2,12,13). The maximum Gasteiger partial charge on any atom is 0.181 e. The molecule has 1 aliphatic rings. The van der Waals surface area contributed by atoms with Crippen LogP contribution in [0, 0.1) is 12.8 Å². The first-order chi connectivity index (χ1) is 7.25. The average molecular weight is 242 g/mol. The molecule has 2 N–H and O–H groups in total. The van der Waals surface area contributed by atoms with Gasteiger partial charge in [0.25, 0.3) is 0 Å². The Morgan fingerprint density at radius 3 is 2.73 bits per heavy atom. The normalized spacial score (nSPS) is 18.2. The third-order valence-electron chi connectivity index (χ3n) is 2.95. The summed E-state index contributed by atoms with van der Waals surface area (Å²) >= 11 is 3.58. The van der Waals surface area contributed by atoms with Gasteiger partial charge in [-0.05, 0) is 25.7 Å². The fraction of sp³-hybridized carbons (Fsp3) is 0.727. The van der Waals surface area contributed by atoms with Gasteiger partial charge in [-0.25, -0.2) is 4.98 Å². The summed E-state index contributed by atoms with van der Waals surface area (Å²) in [6.07, 6.45) is 7.12. The van der Waals surface area contributed by atoms with Crippen molar-refractivity contribution >= 4 is 28.2 Å². The molecule has 0 unspecified atom stereocenters. The van der Waals surface area contributed by atoms with E-state index in [0.29, 0.717) is 5.13 Å². The molecule has 1 fully saturated rings. The fourth-order valence-corrected chi connectivity index (χ4v) is 4.32. The molecular formula is C11H18N2S2. The van der Waals surface area contributed by atoms with Crippen molar-refractivity contribution in [3.63, 3.8) is 0 Å². The zero-order chi connectivity index (χ0) is 10.7. The largest absolute Gasteiger partial charge is 0.375 e. The van der Waals surface area contributed by atoms with Crippen molar-refractivity contribution in [2.45, 2.75) is 43.2 Å². The summed E-state index contributed by atoms with van der Waals surface area (Å²) in [4.78, 5) is 4.25. The molecule has 84 valence electrons. The van der Waals surface area contributed by atoms with Crippen LogP contribution in [0.3, 0.4) is 0 Å². The molecule has 0 saturated heterocycles. The van der Waals surface area contributed by atoms with Crippen LogP contribution < -0.4 is 5.73 Å². The summed E-state index contributed by atoms with van der Waals surface area (Å²) < 4.78 is 1.32. The van der Waals surface area contributed by atoms with Crippen molar-refractivity contribution in [1.29, 1.82) is 0 Å². The van der Waals surface area contributed by atoms with Gasteiger partial charge in [0.2, 0.25) is 0 Å². The van der Waals surface area contributed by atoms with Crippen molar-refractivity contribution in [1.82, 2.24) is 4.98 Å². The number of anilines is 1. The molecule has 4 heteroatoms. The van der Waals surface area contributed by atoms with Gasteiger partial charge in [0.05, 0.1) is 9.90 Å². The van der Waals surface area contributed by atoms with E-state index in [1.165, 1.54) is 42.1 Å². The van der Waals surface area contributed by atoms with Crippen LogP contribution in [0.2, 0.25) is 0 Å². The van der Waals surface area contributed by atoms with Gasteiger partial charge in [-0.15, -0.1) is 11.8 Å². The van der Waals surface area contributed by atoms with Crippen LogP contribution in [0.4, 0.5) is 5.13 Å². The highest BCUT2D eigenvalue weighted by molar-refractivity contribution is 8.01. The van der Waals surface area contributed by atoms with E-state index in [-0.39, 0.29) is 0 Å². The quantitative estimate of drug-likeness (QED) is 0.821. The Hall–Kier alpha value is -0.220. The van der Waals surface area contributed by atoms with Gasteiger partial charge in [-0.1, -0.05) is 30.6 Å². The van der Waals surface area contributed by atoms with Gasteiger partial charge in [0.15, 0.2) is 5.13 Å². The molecule has 0 aliphatic heterocycles. The average Bonchev–Trinajstić information content (AvgIpc) is 2.56. The molecular weight excluding hydrogens is 224 g/mol. The molecule has 0 radical (unpaired) electrons. The molecule has 1 aromatic heterocycles. The second kappa shape index (κ2) is 5.21. The number of thioether (sulfide) groups is 1. The smallest absolute Gasteiger partial charge is 0.181 e. The van der Waals surface area contributed by atoms with E-state index in [9.17, 15) is 0 Å². The lowest BCUT2D eigenvalue weighted by Gasteiger charge is -2.20. The number of hydrogen-bond acceptors (Lipinski definition) is 4. The number of aryl methyl sites for hydroxylation is 1. The summed E-state index contributed by atoms with van der Waals surface area (Å²) in [5, 5.41) is 0.707. The zero-order valence-corrected chi connectivity index (χ0v) is 10.8. The summed E-state index contributed by atoms with van der Waals surface area (Å²) in [5.74, 6) is 2.18. The van der Waals surface area contributed by atoms with E-state index in [0.717, 1.165) is 11.6 Å². The predicted octanol–water partition coefficient (Wildman–Crippen LogP) is 3.71. The molecule has 0 spiro atoms. The van der Waals surface area contributed by atoms with Crippen molar-refractivity contribution in [2.75, 3.05) is 11.5 Å².